The van der Waals surface area contributed by atoms with Crippen LogP contribution >= 0.6 is 0 Å². The van der Waals surface area contributed by atoms with Gasteiger partial charge in [-0.15, -0.1) is 0 Å². The second-order valence-electron chi connectivity index (χ2n) is 18.6. The first-order valence-corrected chi connectivity index (χ1v) is 19.0. The maximum Gasteiger partial charge on any atom is 0.325 e. The maximum absolute atomic E-state index is 14.3. The molecule has 0 bridgehead atoms. The van der Waals surface area contributed by atoms with E-state index >= 15 is 0 Å². The summed E-state index contributed by atoms with van der Waals surface area (Å²) in [4.78, 5) is 50.0. The van der Waals surface area contributed by atoms with Gasteiger partial charge >= 0.3 is 11.9 Å². The van der Waals surface area contributed by atoms with Crippen LogP contribution in [0.4, 0.5) is 0 Å². The molecule has 8 heteroatoms. The number of hydrogen-bond donors (Lipinski definition) is 3. The fourth-order valence-electron chi connectivity index (χ4n) is 12.1. The van der Waals surface area contributed by atoms with Crippen molar-refractivity contribution in [1.29, 1.82) is 0 Å². The van der Waals surface area contributed by atoms with Gasteiger partial charge in [0.15, 0.2) is 0 Å². The molecule has 0 aromatic rings. The highest BCUT2D eigenvalue weighted by molar-refractivity contribution is 5.85. The largest absolute Gasteiger partial charge is 0.480 e. The van der Waals surface area contributed by atoms with E-state index in [-0.39, 0.29) is 63.3 Å². The Kier molecular flexibility index (Phi) is 9.79. The van der Waals surface area contributed by atoms with Crippen LogP contribution in [0.3, 0.4) is 0 Å². The van der Waals surface area contributed by atoms with Crippen LogP contribution in [0.1, 0.15) is 146 Å². The summed E-state index contributed by atoms with van der Waals surface area (Å²) in [6, 6.07) is -0.927. The van der Waals surface area contributed by atoms with E-state index in [9.17, 15) is 19.2 Å². The zero-order valence-electron chi connectivity index (χ0n) is 31.4. The third kappa shape index (κ3) is 5.93. The molecule has 0 saturated heterocycles. The number of carbonyl (C=O) groups is 4. The van der Waals surface area contributed by atoms with Crippen LogP contribution in [0, 0.1) is 50.2 Å². The minimum atomic E-state index is -1.06. The molecule has 3 N–H and O–H groups in total. The minimum absolute atomic E-state index is 0.0142. The Labute approximate surface area is 289 Å². The molecule has 0 spiro atoms. The van der Waals surface area contributed by atoms with Crippen LogP contribution in [-0.4, -0.2) is 47.6 Å². The number of carbonyl (C=O) groups excluding carboxylic acids is 3. The Bertz CT molecular complexity index is 1340. The number of carboxylic acids is 1. The van der Waals surface area contributed by atoms with Gasteiger partial charge in [0.25, 0.3) is 0 Å². The fourth-order valence-corrected chi connectivity index (χ4v) is 12.1. The Morgan fingerprint density at radius 1 is 0.938 bits per heavy atom. The maximum atomic E-state index is 14.3. The summed E-state index contributed by atoms with van der Waals surface area (Å²) in [7, 11) is 0. The quantitative estimate of drug-likeness (QED) is 0.132. The molecule has 0 radical (unpaired) electrons. The zero-order valence-corrected chi connectivity index (χ0v) is 31.4. The standard InChI is InChI=1S/C40H64N2O6/c1-10-32(44)48-30-16-17-37(7)28(36(30,5)6)15-18-39(9)29(37)14-13-26-27-24-35(3,4)19-21-40(27,22-20-38(26,39)8)34(47)41-23-11-12-31(43)42-25(2)33(45)46/h13,25,27-30H,10-12,14-24H2,1-9H3,(H,41,47)(H,42,43)(H,45,46)/t25-,27?,28?,29?,30-,37-,38+,39+,40-/m0/s1. The molecular weight excluding hydrogens is 604 g/mol. The van der Waals surface area contributed by atoms with Gasteiger partial charge < -0.3 is 20.5 Å². The van der Waals surface area contributed by atoms with Crippen LogP contribution in [-0.2, 0) is 23.9 Å². The number of hydrogen-bond acceptors (Lipinski definition) is 5. The van der Waals surface area contributed by atoms with Crippen LogP contribution in [0.15, 0.2) is 11.6 Å². The van der Waals surface area contributed by atoms with Gasteiger partial charge in [-0.1, -0.05) is 67.0 Å². The molecule has 0 aromatic heterocycles. The zero-order chi connectivity index (χ0) is 35.5. The summed E-state index contributed by atoms with van der Waals surface area (Å²) in [6.07, 6.45) is 13.8. The molecule has 48 heavy (non-hydrogen) atoms. The number of fused-ring (bicyclic) bond motifs is 7. The fraction of sp³-hybridized carbons (Fsp3) is 0.850. The number of rotatable bonds is 9. The lowest BCUT2D eigenvalue weighted by Gasteiger charge is -2.71. The number of carboxylic acid groups (broad SMARTS) is 1. The van der Waals surface area contributed by atoms with Crippen LogP contribution in [0.25, 0.3) is 0 Å². The van der Waals surface area contributed by atoms with Gasteiger partial charge in [-0.2, -0.15) is 0 Å². The van der Waals surface area contributed by atoms with Crippen molar-refractivity contribution in [2.45, 2.75) is 158 Å². The Hall–Kier alpha value is -2.38. The molecule has 4 fully saturated rings. The lowest BCUT2D eigenvalue weighted by Crippen LogP contribution is -2.65. The van der Waals surface area contributed by atoms with E-state index in [1.165, 1.54) is 12.5 Å². The lowest BCUT2D eigenvalue weighted by molar-refractivity contribution is -0.212. The van der Waals surface area contributed by atoms with Gasteiger partial charge in [0, 0.05) is 24.8 Å². The molecule has 8 nitrogen and oxygen atoms in total. The first-order chi connectivity index (χ1) is 22.3. The van der Waals surface area contributed by atoms with Crippen molar-refractivity contribution in [2.75, 3.05) is 6.54 Å². The molecule has 0 aromatic carbocycles. The first kappa shape index (κ1) is 36.9. The van der Waals surface area contributed by atoms with Crippen molar-refractivity contribution < 1.29 is 29.0 Å². The molecule has 3 unspecified atom stereocenters. The minimum Gasteiger partial charge on any atom is -0.480 e. The average Bonchev–Trinajstić information content (AvgIpc) is 3.00. The van der Waals surface area contributed by atoms with E-state index in [1.54, 1.807) is 0 Å². The van der Waals surface area contributed by atoms with Gasteiger partial charge in [-0.3, -0.25) is 19.2 Å². The van der Waals surface area contributed by atoms with Crippen molar-refractivity contribution in [3.63, 3.8) is 0 Å². The number of nitrogens with one attached hydrogen (secondary N) is 2. The van der Waals surface area contributed by atoms with E-state index in [2.05, 4.69) is 65.2 Å². The van der Waals surface area contributed by atoms with Gasteiger partial charge in [0.05, 0.1) is 5.41 Å². The van der Waals surface area contributed by atoms with Gasteiger partial charge in [-0.05, 0) is 117 Å². The van der Waals surface area contributed by atoms with E-state index in [0.29, 0.717) is 31.2 Å². The highest BCUT2D eigenvalue weighted by Crippen LogP contribution is 2.75. The lowest BCUT2D eigenvalue weighted by atomic mass is 9.33. The second kappa shape index (κ2) is 12.7. The van der Waals surface area contributed by atoms with Crippen molar-refractivity contribution in [1.82, 2.24) is 10.6 Å². The molecule has 5 aliphatic carbocycles. The predicted octanol–water partition coefficient (Wildman–Crippen LogP) is 7.60. The number of allylic oxidation sites excluding steroid dienone is 2. The second-order valence-corrected chi connectivity index (χ2v) is 18.6. The highest BCUT2D eigenvalue weighted by Gasteiger charge is 2.69. The summed E-state index contributed by atoms with van der Waals surface area (Å²) in [6.45, 7) is 20.8. The van der Waals surface area contributed by atoms with E-state index in [1.807, 2.05) is 6.92 Å². The van der Waals surface area contributed by atoms with Crippen molar-refractivity contribution in [3.05, 3.63) is 11.6 Å². The first-order valence-electron chi connectivity index (χ1n) is 19.0. The van der Waals surface area contributed by atoms with E-state index < -0.39 is 17.4 Å². The van der Waals surface area contributed by atoms with Gasteiger partial charge in [-0.25, -0.2) is 0 Å². The molecule has 5 rings (SSSR count). The molecule has 5 aliphatic rings. The average molecular weight is 669 g/mol. The van der Waals surface area contributed by atoms with Gasteiger partial charge in [0.2, 0.25) is 11.8 Å². The Balaban J connectivity index is 1.38. The van der Waals surface area contributed by atoms with E-state index in [0.717, 1.165) is 64.2 Å². The number of ether oxygens (including phenoxy) is 1. The van der Waals surface area contributed by atoms with Crippen molar-refractivity contribution in [2.24, 2.45) is 50.2 Å². The summed E-state index contributed by atoms with van der Waals surface area (Å²) in [5.41, 5.74) is 1.47. The Morgan fingerprint density at radius 3 is 2.29 bits per heavy atom. The van der Waals surface area contributed by atoms with Crippen LogP contribution in [0.5, 0.6) is 0 Å². The number of esters is 1. The van der Waals surface area contributed by atoms with Crippen LogP contribution in [0.2, 0.25) is 0 Å². The normalized spacial score (nSPS) is 40.0. The number of aliphatic carboxylic acids is 1. The smallest absolute Gasteiger partial charge is 0.325 e. The SMILES string of the molecule is CCC(=O)O[C@H]1CC[C@@]2(C)C(CC[C@]3(C)C2CC=C2C4CC(C)(C)CC[C@]4(C(=O)NCCCC(=O)N[C@@H](C)C(=O)O)CC[C@]23C)C1(C)C. The molecule has 2 amide bonds. The summed E-state index contributed by atoms with van der Waals surface area (Å²) >= 11 is 0. The summed E-state index contributed by atoms with van der Waals surface area (Å²) in [5.74, 6) is -0.0965. The third-order valence-electron chi connectivity index (χ3n) is 15.2. The Morgan fingerprint density at radius 2 is 1.62 bits per heavy atom. The topological polar surface area (TPSA) is 122 Å². The predicted molar refractivity (Wildman–Crippen MR) is 187 cm³/mol. The summed E-state index contributed by atoms with van der Waals surface area (Å²) < 4.78 is 6.07. The molecule has 0 aliphatic heterocycles. The highest BCUT2D eigenvalue weighted by atomic mass is 16.5. The van der Waals surface area contributed by atoms with Gasteiger partial charge in [0.1, 0.15) is 12.1 Å². The molecular formula is C40H64N2O6. The van der Waals surface area contributed by atoms with Crippen molar-refractivity contribution >= 4 is 23.8 Å². The van der Waals surface area contributed by atoms with Crippen LogP contribution < -0.4 is 10.6 Å². The molecule has 0 heterocycles. The molecule has 4 saturated carbocycles. The third-order valence-corrected chi connectivity index (χ3v) is 15.2. The summed E-state index contributed by atoms with van der Waals surface area (Å²) in [5, 5.41) is 14.8. The number of amides is 2. The monoisotopic (exact) mass is 668 g/mol. The molecule has 270 valence electrons. The van der Waals surface area contributed by atoms with Crippen molar-refractivity contribution in [3.8, 4) is 0 Å². The van der Waals surface area contributed by atoms with E-state index in [4.69, 9.17) is 9.84 Å². The molecule has 9 atom stereocenters.